The van der Waals surface area contributed by atoms with Crippen LogP contribution in [-0.2, 0) is 67.7 Å². The Labute approximate surface area is 874 Å². The Morgan fingerprint density at radius 2 is 0.533 bits per heavy atom. The second-order valence-corrected chi connectivity index (χ2v) is 35.3. The monoisotopic (exact) mass is 2040 g/mol. The van der Waals surface area contributed by atoms with E-state index in [0.29, 0.717) is 133 Å². The zero-order chi connectivity index (χ0) is 107. The summed E-state index contributed by atoms with van der Waals surface area (Å²) in [5, 5.41) is 36.9. The van der Waals surface area contributed by atoms with E-state index in [9.17, 15) is 72.9 Å². The molecule has 31 nitrogen and oxygen atoms in total. The molecule has 0 aromatic heterocycles. The number of nitrogens with one attached hydrogen (secondary N) is 3. The average Bonchev–Trinajstić information content (AvgIpc) is 0.842. The van der Waals surface area contributed by atoms with E-state index in [0.717, 1.165) is 55.2 Å². The van der Waals surface area contributed by atoms with Gasteiger partial charge in [-0.2, -0.15) is 0 Å². The quantitative estimate of drug-likeness (QED) is 0.0117. The lowest BCUT2D eigenvalue weighted by molar-refractivity contribution is -0.138. The number of hydrogen-bond acceptors (Lipinski definition) is 22. The summed E-state index contributed by atoms with van der Waals surface area (Å²) in [6, 6.07) is 76.7. The molecule has 0 atom stereocenters. The van der Waals surface area contributed by atoms with Crippen LogP contribution < -0.4 is 63.3 Å². The number of carboxylic acid groups (broad SMARTS) is 3. The first-order chi connectivity index (χ1) is 72.6. The van der Waals surface area contributed by atoms with E-state index < -0.39 is 73.2 Å². The van der Waals surface area contributed by atoms with Crippen molar-refractivity contribution in [3.05, 3.63) is 351 Å². The maximum Gasteiger partial charge on any atom is 0.343 e. The fourth-order valence-corrected chi connectivity index (χ4v) is 15.6. The largest absolute Gasteiger partial charge is 0.497 e. The summed E-state index contributed by atoms with van der Waals surface area (Å²) >= 11 is 0. The Hall–Kier alpha value is -17.1. The van der Waals surface area contributed by atoms with Crippen molar-refractivity contribution in [2.75, 3.05) is 83.8 Å². The predicted octanol–water partition coefficient (Wildman–Crippen LogP) is 21.8. The molecule has 12 aromatic carbocycles. The second kappa shape index (κ2) is 61.4. The van der Waals surface area contributed by atoms with Gasteiger partial charge in [-0.25, -0.2) is 14.4 Å². The summed E-state index contributed by atoms with van der Waals surface area (Å²) in [6.45, 7) is 8.82. The molecular formula is C119H130N6O25. The molecule has 0 heterocycles. The van der Waals surface area contributed by atoms with Crippen LogP contribution in [0.2, 0.25) is 0 Å². The number of nitrogens with zero attached hydrogens (tertiary/aromatic N) is 3. The van der Waals surface area contributed by atoms with Crippen LogP contribution in [0.4, 0.5) is 17.1 Å². The molecule has 12 rings (SSSR count). The maximum absolute atomic E-state index is 13.4. The Balaban J connectivity index is 0.000000230. The van der Waals surface area contributed by atoms with E-state index in [1.54, 1.807) is 228 Å². The molecule has 0 saturated heterocycles. The second-order valence-electron chi connectivity index (χ2n) is 35.3. The van der Waals surface area contributed by atoms with Gasteiger partial charge >= 0.3 is 35.8 Å². The summed E-state index contributed by atoms with van der Waals surface area (Å²) in [7, 11) is 6.16. The number of rotatable bonds is 55. The zero-order valence-corrected chi connectivity index (χ0v) is 85.8. The molecule has 12 aromatic rings. The number of benzene rings is 12. The highest BCUT2D eigenvalue weighted by Crippen LogP contribution is 2.31. The molecule has 150 heavy (non-hydrogen) atoms. The van der Waals surface area contributed by atoms with Crippen LogP contribution in [0.3, 0.4) is 0 Å². The molecule has 786 valence electrons. The molecule has 0 aliphatic carbocycles. The number of carboxylic acids is 3. The molecule has 31 heteroatoms. The van der Waals surface area contributed by atoms with Crippen molar-refractivity contribution in [1.29, 1.82) is 0 Å². The van der Waals surface area contributed by atoms with Crippen molar-refractivity contribution < 1.29 is 120 Å². The molecule has 0 fully saturated rings. The minimum atomic E-state index is -1.17. The Morgan fingerprint density at radius 1 is 0.267 bits per heavy atom. The van der Waals surface area contributed by atoms with Gasteiger partial charge in [0.15, 0.2) is 0 Å². The van der Waals surface area contributed by atoms with Crippen molar-refractivity contribution in [3.8, 4) is 57.5 Å². The van der Waals surface area contributed by atoms with Crippen LogP contribution in [0.25, 0.3) is 0 Å². The molecular weight excluding hydrogens is 1910 g/mol. The molecule has 0 aliphatic rings. The van der Waals surface area contributed by atoms with Gasteiger partial charge in [0.25, 0.3) is 17.7 Å². The lowest BCUT2D eigenvalue weighted by atomic mass is 10.1. The molecule has 0 radical (unpaired) electrons. The third-order valence-corrected chi connectivity index (χ3v) is 23.6. The molecule has 0 saturated carbocycles. The van der Waals surface area contributed by atoms with Crippen molar-refractivity contribution in [1.82, 2.24) is 14.7 Å². The fourth-order valence-electron chi connectivity index (χ4n) is 15.6. The first-order valence-corrected chi connectivity index (χ1v) is 49.9. The van der Waals surface area contributed by atoms with E-state index in [2.05, 4.69) is 36.7 Å². The van der Waals surface area contributed by atoms with Crippen molar-refractivity contribution in [2.45, 2.75) is 163 Å². The van der Waals surface area contributed by atoms with Crippen molar-refractivity contribution in [2.24, 2.45) is 0 Å². The van der Waals surface area contributed by atoms with Gasteiger partial charge in [-0.1, -0.05) is 171 Å². The smallest absolute Gasteiger partial charge is 0.343 e. The number of para-hydroxylation sites is 1. The van der Waals surface area contributed by atoms with E-state index >= 15 is 0 Å². The van der Waals surface area contributed by atoms with E-state index in [1.165, 1.54) is 116 Å². The number of unbranched alkanes of at least 4 members (excludes halogenated alkanes) is 12. The predicted molar refractivity (Wildman–Crippen MR) is 570 cm³/mol. The highest BCUT2D eigenvalue weighted by Gasteiger charge is 2.26. The third kappa shape index (κ3) is 39.0. The fraction of sp³-hybridized carbons (Fsp3) is 0.294. The number of carbonyl (C=O) groups excluding carboxylic acids is 9. The Morgan fingerprint density at radius 3 is 0.827 bits per heavy atom. The van der Waals surface area contributed by atoms with Gasteiger partial charge in [0, 0.05) is 76.1 Å². The number of esters is 3. The molecule has 0 unspecified atom stereocenters. The lowest BCUT2D eigenvalue weighted by Gasteiger charge is -2.21. The number of hydrogen-bond donors (Lipinski definition) is 6. The first-order valence-electron chi connectivity index (χ1n) is 49.9. The number of amides is 6. The average molecular weight is 2040 g/mol. The van der Waals surface area contributed by atoms with Crippen LogP contribution in [0.15, 0.2) is 279 Å². The zero-order valence-electron chi connectivity index (χ0n) is 85.8. The van der Waals surface area contributed by atoms with Gasteiger partial charge in [0.2, 0.25) is 17.7 Å². The maximum atomic E-state index is 13.4. The van der Waals surface area contributed by atoms with Gasteiger partial charge in [-0.3, -0.25) is 43.2 Å². The summed E-state index contributed by atoms with van der Waals surface area (Å²) in [5.74, 6) is -1.99. The number of anilines is 3. The van der Waals surface area contributed by atoms with Gasteiger partial charge in [-0.05, 0) is 249 Å². The highest BCUT2D eigenvalue weighted by atomic mass is 16.5. The lowest BCUT2D eigenvalue weighted by Crippen LogP contribution is -2.35. The number of ether oxygens (including phenoxy) is 10. The van der Waals surface area contributed by atoms with Gasteiger partial charge in [0.1, 0.15) is 77.1 Å². The molecule has 0 bridgehead atoms. The summed E-state index contributed by atoms with van der Waals surface area (Å²) < 4.78 is 55.1. The Kier molecular flexibility index (Phi) is 47.0. The normalized spacial score (nSPS) is 10.6. The van der Waals surface area contributed by atoms with Crippen molar-refractivity contribution >= 4 is 88.3 Å². The summed E-state index contributed by atoms with van der Waals surface area (Å²) in [6.07, 6.45) is 17.5. The van der Waals surface area contributed by atoms with Crippen LogP contribution >= 0.6 is 0 Å². The molecule has 0 aliphatic heterocycles. The standard InChI is InChI=1S/C40H44N2O9.C40H44N2O8.C39H42N2O8/c1-4-5-6-7-8-23-50-33-20-13-30(14-21-33)40(47)51-34-18-9-28(10-19-34)26-42(27-38(44)45)39(46)29-11-16-32(17-12-29)41-37(43)24-31-15-22-35(48-2)25-36(31)49-3;1-4-5-6-7-8-23-49-34-21-15-31(16-22-34)40(47)50-35-19-10-29(11-20-35)26-42(27-38(44)45)39(46)30-13-17-33(18-14-30)41-37(43)25-32-12-9-28(2)24-36(32)48-3;1-3-4-5-6-9-24-48-33-22-16-30(17-23-33)39(46)49-34-20-12-28(13-21-34)26-41(27-37(43)44)38(45)29-14-18-32(19-15-29)40-36(42)25-31-10-7-8-11-35(31)47-2/h9-22,25H,4-8,23-24,26-27H2,1-3H3,(H,41,43)(H,44,45);9-22,24H,4-8,23,25-27H2,1-3H3,(H,41,43)(H,44,45);7-8,10-23H,3-6,9,24-27H2,1-2H3,(H,40,42)(H,43,44). The third-order valence-electron chi connectivity index (χ3n) is 23.6. The topological polar surface area (TPSA) is 404 Å². The van der Waals surface area contributed by atoms with E-state index in [1.807, 2.05) is 43.3 Å². The van der Waals surface area contributed by atoms with Crippen molar-refractivity contribution in [3.63, 3.8) is 0 Å². The van der Waals surface area contributed by atoms with Crippen LogP contribution in [0, 0.1) is 6.92 Å². The number of carbonyl (C=O) groups is 12. The van der Waals surface area contributed by atoms with Gasteiger partial charge in [-0.15, -0.1) is 0 Å². The van der Waals surface area contributed by atoms with Crippen LogP contribution in [-0.4, -0.2) is 169 Å². The summed E-state index contributed by atoms with van der Waals surface area (Å²) in [5.41, 5.74) is 8.46. The molecule has 0 spiro atoms. The number of aryl methyl sites for hydroxylation is 1. The number of methoxy groups -OCH3 is 4. The van der Waals surface area contributed by atoms with Gasteiger partial charge < -0.3 is 93.3 Å². The van der Waals surface area contributed by atoms with E-state index in [4.69, 9.17) is 47.4 Å². The minimum absolute atomic E-state index is 0.00159. The minimum Gasteiger partial charge on any atom is -0.497 e. The SMILES string of the molecule is CCCCCCCOc1ccc(C(=O)Oc2ccc(CN(CC(=O)O)C(=O)c3ccc(NC(=O)Cc4ccc(C)cc4OC)cc3)cc2)cc1.CCCCCCCOc1ccc(C(=O)Oc2ccc(CN(CC(=O)O)C(=O)c3ccc(NC(=O)Cc4ccc(OC)cc4OC)cc3)cc2)cc1.CCCCCCCOc1ccc(C(=O)Oc2ccc(CN(CC(=O)O)C(=O)c3ccc(NC(=O)Cc4ccccc4OC)cc3)cc2)cc1. The molecule has 6 amide bonds. The number of aliphatic carboxylic acids is 3. The van der Waals surface area contributed by atoms with Crippen LogP contribution in [0.1, 0.15) is 218 Å². The van der Waals surface area contributed by atoms with E-state index in [-0.39, 0.29) is 73.3 Å². The summed E-state index contributed by atoms with van der Waals surface area (Å²) in [4.78, 5) is 155. The van der Waals surface area contributed by atoms with Crippen LogP contribution in [0.5, 0.6) is 57.5 Å². The van der Waals surface area contributed by atoms with Gasteiger partial charge in [0.05, 0.1) is 84.2 Å². The highest BCUT2D eigenvalue weighted by molar-refractivity contribution is 6.01. The molecule has 6 N–H and O–H groups in total. The Bertz CT molecular complexity index is 6410. The first kappa shape index (κ1) is 115.